The molecule has 0 saturated heterocycles. The third-order valence-corrected chi connectivity index (χ3v) is 2.09. The zero-order valence-corrected chi connectivity index (χ0v) is 23.1. The van der Waals surface area contributed by atoms with Crippen molar-refractivity contribution in [3.05, 3.63) is 144 Å². The Morgan fingerprint density at radius 2 is 0.514 bits per heavy atom. The van der Waals surface area contributed by atoms with Crippen LogP contribution in [0, 0.1) is 66.5 Å². The van der Waals surface area contributed by atoms with Crippen molar-refractivity contribution in [1.29, 1.82) is 0 Å². The van der Waals surface area contributed by atoms with Gasteiger partial charge in [-0.15, -0.1) is 5.71 Å². The minimum Gasteiger partial charge on any atom is -0.803 e. The molecular formula is C23H10NO10Ru3. The molecule has 0 spiro atoms. The van der Waals surface area contributed by atoms with Crippen molar-refractivity contribution in [2.45, 2.75) is 0 Å². The summed E-state index contributed by atoms with van der Waals surface area (Å²) in [6.07, 6.45) is 0. The Kier molecular flexibility index (Phi) is 270. The molecule has 2 aromatic carbocycles. The first-order valence-corrected chi connectivity index (χ1v) is 6.59. The summed E-state index contributed by atoms with van der Waals surface area (Å²) in [4.78, 5) is 0. The fourth-order valence-corrected chi connectivity index (χ4v) is 1.36. The molecule has 11 nitrogen and oxygen atoms in total. The first kappa shape index (κ1) is 76.5. The summed E-state index contributed by atoms with van der Waals surface area (Å²) in [5, 5.41) is 9.91. The van der Waals surface area contributed by atoms with Crippen LogP contribution in [0.4, 0.5) is 0 Å². The van der Waals surface area contributed by atoms with Crippen LogP contribution in [0.1, 0.15) is 11.1 Å². The summed E-state index contributed by atoms with van der Waals surface area (Å²) >= 11 is 0. The van der Waals surface area contributed by atoms with Crippen LogP contribution in [0.5, 0.6) is 0 Å². The minimum atomic E-state index is 0. The predicted octanol–water partition coefficient (Wildman–Crippen LogP) is 2.71. The molecule has 2 rings (SSSR count). The molecule has 2 aromatic rings. The molecule has 0 bridgehead atoms. The summed E-state index contributed by atoms with van der Waals surface area (Å²) in [6.45, 7) is 45.0. The zero-order chi connectivity index (χ0) is 29.8. The third-order valence-electron chi connectivity index (χ3n) is 2.09. The molecule has 0 heterocycles. The maximum absolute atomic E-state index is 9.91. The standard InChI is InChI=1S/C13H10N.10CO.3Ru/c14-13(11-7-3-1-4-8-11)12-9-5-2-6-10-12;10*1-2;;;/h1-10H;;;;;;;;;;;;;/q-1;;;;;;;;;;;;;+1. The van der Waals surface area contributed by atoms with Crippen molar-refractivity contribution in [2.24, 2.45) is 0 Å². The van der Waals surface area contributed by atoms with E-state index in [1.807, 2.05) is 60.7 Å². The van der Waals surface area contributed by atoms with Crippen molar-refractivity contribution in [2.75, 3.05) is 0 Å². The van der Waals surface area contributed by atoms with E-state index in [-0.39, 0.29) is 58.4 Å². The fraction of sp³-hybridized carbons (Fsp3) is 0. The van der Waals surface area contributed by atoms with Crippen LogP contribution < -0.4 is 0 Å². The summed E-state index contributed by atoms with van der Waals surface area (Å²) in [7, 11) is 0. The molecule has 14 heteroatoms. The first-order valence-electron chi connectivity index (χ1n) is 6.59. The van der Waals surface area contributed by atoms with E-state index in [9.17, 15) is 5.41 Å². The van der Waals surface area contributed by atoms with Gasteiger partial charge in [-0.3, -0.25) is 0 Å². The monoisotopic (exact) mass is 766 g/mol. The van der Waals surface area contributed by atoms with Gasteiger partial charge in [0.2, 0.25) is 0 Å². The maximum Gasteiger partial charge on any atom is 1.00 e. The molecule has 0 N–H and O–H groups in total. The van der Waals surface area contributed by atoms with Gasteiger partial charge < -0.3 is 5.41 Å². The van der Waals surface area contributed by atoms with E-state index in [1.165, 1.54) is 0 Å². The topological polar surface area (TPSA) is 221 Å². The zero-order valence-electron chi connectivity index (χ0n) is 17.9. The van der Waals surface area contributed by atoms with Gasteiger partial charge in [0.1, 0.15) is 0 Å². The van der Waals surface area contributed by atoms with Gasteiger partial charge in [-0.25, -0.2) is 0 Å². The molecule has 0 amide bonds. The Morgan fingerprint density at radius 3 is 0.649 bits per heavy atom. The van der Waals surface area contributed by atoms with Crippen LogP contribution in [0.15, 0.2) is 60.7 Å². The van der Waals surface area contributed by atoms with E-state index in [2.05, 4.69) is 66.5 Å². The second-order valence-corrected chi connectivity index (χ2v) is 3.08. The van der Waals surface area contributed by atoms with Gasteiger partial charge >= 0.3 is 133 Å². The molecule has 0 fully saturated rings. The van der Waals surface area contributed by atoms with E-state index < -0.39 is 0 Å². The fourth-order valence-electron chi connectivity index (χ4n) is 1.36. The van der Waals surface area contributed by atoms with E-state index in [0.29, 0.717) is 5.71 Å². The predicted molar refractivity (Wildman–Crippen MR) is 98.7 cm³/mol. The molecule has 37 heavy (non-hydrogen) atoms. The molecule has 0 aliphatic carbocycles. The Bertz CT molecular complexity index is 712. The molecule has 0 aromatic heterocycles. The Balaban J connectivity index is -0.0000000234. The van der Waals surface area contributed by atoms with Crippen LogP contribution in [-0.4, -0.2) is 5.71 Å². The van der Waals surface area contributed by atoms with E-state index >= 15 is 0 Å². The number of hydrogen-bond donors (Lipinski definition) is 0. The average Bonchev–Trinajstić information content (AvgIpc) is 3.03. The van der Waals surface area contributed by atoms with Crippen LogP contribution in [0.3, 0.4) is 0 Å². The first-order chi connectivity index (χ1) is 16.9. The van der Waals surface area contributed by atoms with Gasteiger partial charge in [0, 0.05) is 39.0 Å². The number of nitrogens with zero attached hydrogens (tertiary/aromatic N) is 1. The van der Waals surface area contributed by atoms with Gasteiger partial charge in [-0.2, -0.15) is 0 Å². The Labute approximate surface area is 253 Å². The third kappa shape index (κ3) is 71.9. The van der Waals surface area contributed by atoms with Gasteiger partial charge in [-0.1, -0.05) is 60.7 Å². The van der Waals surface area contributed by atoms with Gasteiger partial charge in [-0.05, 0) is 11.1 Å². The number of benzene rings is 2. The molecule has 1 radical (unpaired) electrons. The molecule has 0 atom stereocenters. The molecule has 0 saturated carbocycles. The summed E-state index contributed by atoms with van der Waals surface area (Å²) in [5.74, 6) is 0. The van der Waals surface area contributed by atoms with Crippen molar-refractivity contribution >= 4 is 5.71 Å². The quantitative estimate of drug-likeness (QED) is 0.186. The van der Waals surface area contributed by atoms with Crippen molar-refractivity contribution in [3.63, 3.8) is 0 Å². The molecule has 0 aliphatic rings. The normalized spacial score (nSPS) is 4.22. The molecule has 0 aliphatic heterocycles. The van der Waals surface area contributed by atoms with E-state index in [1.54, 1.807) is 0 Å². The molecular weight excluding hydrogens is 753 g/mol. The van der Waals surface area contributed by atoms with E-state index in [4.69, 9.17) is 46.5 Å². The Hall–Kier alpha value is -2.62. The second-order valence-electron chi connectivity index (χ2n) is 3.08. The smallest absolute Gasteiger partial charge is 0.803 e. The van der Waals surface area contributed by atoms with Crippen LogP contribution in [-0.2, 0) is 105 Å². The van der Waals surface area contributed by atoms with E-state index in [0.717, 1.165) is 11.1 Å². The second kappa shape index (κ2) is 130. The van der Waals surface area contributed by atoms with Crippen LogP contribution in [0.25, 0.3) is 5.41 Å². The minimum absolute atomic E-state index is 0. The average molecular weight is 764 g/mol. The van der Waals surface area contributed by atoms with Crippen molar-refractivity contribution in [3.8, 4) is 0 Å². The number of rotatable bonds is 2. The van der Waals surface area contributed by atoms with Gasteiger partial charge in [0.05, 0.1) is 0 Å². The Morgan fingerprint density at radius 1 is 0.378 bits per heavy atom. The number of hydrogen-bond acceptors (Lipinski definition) is 0. The van der Waals surface area contributed by atoms with Gasteiger partial charge in [0.25, 0.3) is 0 Å². The largest absolute Gasteiger partial charge is 1.00 e. The van der Waals surface area contributed by atoms with Crippen LogP contribution in [0.2, 0.25) is 0 Å². The molecule has 0 unspecified atom stereocenters. The maximum atomic E-state index is 9.91. The van der Waals surface area contributed by atoms with Crippen molar-refractivity contribution < 1.29 is 105 Å². The van der Waals surface area contributed by atoms with Crippen LogP contribution >= 0.6 is 0 Å². The summed E-state index contributed by atoms with van der Waals surface area (Å²) in [6, 6.07) is 19.1. The molecule has 191 valence electrons. The SMILES string of the molecule is [C-]#[O+].[C-]#[O+].[C-]#[O+].[C-]#[O+].[C-]#[O+].[C-]#[O+].[C-]#[O+].[C-]#[O+].[C-]#[O+].[C-]#[O+].[N-]=C(c1ccccc1)c1ccccc1.[Ru+].[Ru].[Ru]. The van der Waals surface area contributed by atoms with Crippen molar-refractivity contribution in [1.82, 2.24) is 0 Å². The van der Waals surface area contributed by atoms with Gasteiger partial charge in [0.15, 0.2) is 0 Å². The summed E-state index contributed by atoms with van der Waals surface area (Å²) < 4.78 is 75.0. The summed E-state index contributed by atoms with van der Waals surface area (Å²) in [5.41, 5.74) is 2.02.